The summed E-state index contributed by atoms with van der Waals surface area (Å²) >= 11 is 0. The molecule has 14 heavy (non-hydrogen) atoms. The van der Waals surface area contributed by atoms with Gasteiger partial charge in [-0.25, -0.2) is 8.42 Å². The summed E-state index contributed by atoms with van der Waals surface area (Å²) in [5, 5.41) is 0. The van der Waals surface area contributed by atoms with Crippen molar-refractivity contribution in [3.63, 3.8) is 0 Å². The highest BCUT2D eigenvalue weighted by atomic mass is 32.2. The van der Waals surface area contributed by atoms with Crippen molar-refractivity contribution in [1.29, 1.82) is 0 Å². The molecule has 6 heteroatoms. The lowest BCUT2D eigenvalue weighted by molar-refractivity contribution is 0.592. The standard InChI is InChI=1S/C8H12N2O3S/c1-7-8(11)10(4-3-9-7)5-6-14(2,12)13/h3-4H,5-6H2,1-2H3. The Labute approximate surface area is 82.3 Å². The van der Waals surface area contributed by atoms with Crippen LogP contribution in [0.15, 0.2) is 17.2 Å². The van der Waals surface area contributed by atoms with Crippen LogP contribution in [0.1, 0.15) is 5.69 Å². The van der Waals surface area contributed by atoms with E-state index in [1.165, 1.54) is 17.0 Å². The normalized spacial score (nSPS) is 11.6. The van der Waals surface area contributed by atoms with Gasteiger partial charge in [-0.1, -0.05) is 0 Å². The van der Waals surface area contributed by atoms with Crippen molar-refractivity contribution in [3.8, 4) is 0 Å². The first-order valence-electron chi connectivity index (χ1n) is 4.10. The summed E-state index contributed by atoms with van der Waals surface area (Å²) in [5.74, 6) is -0.0314. The molecule has 0 bridgehead atoms. The van der Waals surface area contributed by atoms with Crippen LogP contribution in [-0.4, -0.2) is 30.0 Å². The molecule has 78 valence electrons. The smallest absolute Gasteiger partial charge is 0.271 e. The van der Waals surface area contributed by atoms with E-state index in [1.54, 1.807) is 6.92 Å². The molecule has 0 radical (unpaired) electrons. The van der Waals surface area contributed by atoms with E-state index < -0.39 is 9.84 Å². The molecule has 0 atom stereocenters. The lowest BCUT2D eigenvalue weighted by atomic mass is 10.5. The van der Waals surface area contributed by atoms with Gasteiger partial charge in [-0.05, 0) is 6.92 Å². The van der Waals surface area contributed by atoms with Gasteiger partial charge in [0.15, 0.2) is 0 Å². The Bertz CT molecular complexity index is 476. The first kappa shape index (κ1) is 10.9. The van der Waals surface area contributed by atoms with Gasteiger partial charge in [0.2, 0.25) is 0 Å². The molecule has 0 amide bonds. The Morgan fingerprint density at radius 2 is 2.14 bits per heavy atom. The number of aryl methyl sites for hydroxylation is 2. The number of rotatable bonds is 3. The molecule has 0 aliphatic heterocycles. The SMILES string of the molecule is Cc1nccn(CCS(C)(=O)=O)c1=O. The maximum Gasteiger partial charge on any atom is 0.271 e. The van der Waals surface area contributed by atoms with Crippen LogP contribution in [0.5, 0.6) is 0 Å². The average Bonchev–Trinajstić information content (AvgIpc) is 2.06. The molecule has 5 nitrogen and oxygen atoms in total. The monoisotopic (exact) mass is 216 g/mol. The number of hydrogen-bond acceptors (Lipinski definition) is 4. The lowest BCUT2D eigenvalue weighted by Crippen LogP contribution is -2.25. The topological polar surface area (TPSA) is 69.0 Å². The number of aromatic nitrogens is 2. The lowest BCUT2D eigenvalue weighted by Gasteiger charge is -2.04. The van der Waals surface area contributed by atoms with Gasteiger partial charge >= 0.3 is 0 Å². The highest BCUT2D eigenvalue weighted by Gasteiger charge is 2.04. The summed E-state index contributed by atoms with van der Waals surface area (Å²) in [4.78, 5) is 15.2. The molecule has 1 aromatic rings. The number of hydrogen-bond donors (Lipinski definition) is 0. The molecule has 0 spiro atoms. The molecular formula is C8H12N2O3S. The van der Waals surface area contributed by atoms with E-state index in [9.17, 15) is 13.2 Å². The maximum atomic E-state index is 11.4. The maximum absolute atomic E-state index is 11.4. The van der Waals surface area contributed by atoms with Crippen molar-refractivity contribution in [2.75, 3.05) is 12.0 Å². The summed E-state index contributed by atoms with van der Waals surface area (Å²) < 4.78 is 23.1. The van der Waals surface area contributed by atoms with Gasteiger partial charge in [0.05, 0.1) is 5.75 Å². The Morgan fingerprint density at radius 3 is 2.71 bits per heavy atom. The second-order valence-electron chi connectivity index (χ2n) is 3.14. The van der Waals surface area contributed by atoms with Crippen LogP contribution in [0, 0.1) is 6.92 Å². The summed E-state index contributed by atoms with van der Waals surface area (Å²) in [6, 6.07) is 0. The molecule has 0 aliphatic rings. The summed E-state index contributed by atoms with van der Waals surface area (Å²) in [5.41, 5.74) is 0.136. The molecule has 0 saturated heterocycles. The molecular weight excluding hydrogens is 204 g/mol. The van der Waals surface area contributed by atoms with Crippen molar-refractivity contribution in [2.45, 2.75) is 13.5 Å². The molecule has 1 rings (SSSR count). The summed E-state index contributed by atoms with van der Waals surface area (Å²) in [7, 11) is -3.03. The molecule has 0 fully saturated rings. The second kappa shape index (κ2) is 3.91. The average molecular weight is 216 g/mol. The molecule has 0 saturated carbocycles. The summed E-state index contributed by atoms with van der Waals surface area (Å²) in [6.45, 7) is 1.78. The number of sulfone groups is 1. The largest absolute Gasteiger partial charge is 0.311 e. The zero-order valence-corrected chi connectivity index (χ0v) is 8.91. The van der Waals surface area contributed by atoms with Crippen molar-refractivity contribution < 1.29 is 8.42 Å². The van der Waals surface area contributed by atoms with Gasteiger partial charge in [0, 0.05) is 25.2 Å². The fourth-order valence-electron chi connectivity index (χ4n) is 0.997. The molecule has 0 aromatic carbocycles. The van der Waals surface area contributed by atoms with E-state index in [1.807, 2.05) is 0 Å². The predicted molar refractivity (Wildman–Crippen MR) is 52.9 cm³/mol. The van der Waals surface area contributed by atoms with E-state index in [4.69, 9.17) is 0 Å². The Hall–Kier alpha value is -1.17. The van der Waals surface area contributed by atoms with E-state index in [-0.39, 0.29) is 17.9 Å². The van der Waals surface area contributed by atoms with E-state index in [2.05, 4.69) is 4.98 Å². The van der Waals surface area contributed by atoms with Gasteiger partial charge in [-0.3, -0.25) is 9.78 Å². The van der Waals surface area contributed by atoms with E-state index in [0.717, 1.165) is 6.26 Å². The van der Waals surface area contributed by atoms with Crippen molar-refractivity contribution in [3.05, 3.63) is 28.4 Å². The van der Waals surface area contributed by atoms with E-state index >= 15 is 0 Å². The third-order valence-corrected chi connectivity index (χ3v) is 2.71. The highest BCUT2D eigenvalue weighted by Crippen LogP contribution is 1.88. The molecule has 0 unspecified atom stereocenters. The van der Waals surface area contributed by atoms with Gasteiger partial charge < -0.3 is 4.57 Å². The van der Waals surface area contributed by atoms with Crippen LogP contribution >= 0.6 is 0 Å². The minimum Gasteiger partial charge on any atom is -0.311 e. The highest BCUT2D eigenvalue weighted by molar-refractivity contribution is 7.90. The third-order valence-electron chi connectivity index (χ3n) is 1.79. The molecule has 1 aromatic heterocycles. The molecule has 0 N–H and O–H groups in total. The van der Waals surface area contributed by atoms with Crippen molar-refractivity contribution in [1.82, 2.24) is 9.55 Å². The fraction of sp³-hybridized carbons (Fsp3) is 0.500. The van der Waals surface area contributed by atoms with Gasteiger partial charge in [0.1, 0.15) is 15.5 Å². The van der Waals surface area contributed by atoms with E-state index in [0.29, 0.717) is 5.69 Å². The van der Waals surface area contributed by atoms with Crippen LogP contribution in [0.3, 0.4) is 0 Å². The van der Waals surface area contributed by atoms with Crippen molar-refractivity contribution >= 4 is 9.84 Å². The Kier molecular flexibility index (Phi) is 3.05. The third kappa shape index (κ3) is 2.95. The zero-order valence-electron chi connectivity index (χ0n) is 8.10. The Balaban J connectivity index is 2.89. The van der Waals surface area contributed by atoms with Crippen LogP contribution < -0.4 is 5.56 Å². The fourth-order valence-corrected chi connectivity index (χ4v) is 1.52. The van der Waals surface area contributed by atoms with Gasteiger partial charge in [0.25, 0.3) is 5.56 Å². The molecule has 0 aliphatic carbocycles. The zero-order chi connectivity index (χ0) is 10.8. The summed E-state index contributed by atoms with van der Waals surface area (Å²) in [6.07, 6.45) is 4.12. The predicted octanol–water partition coefficient (Wildman–Crippen LogP) is -0.404. The Morgan fingerprint density at radius 1 is 1.50 bits per heavy atom. The van der Waals surface area contributed by atoms with Gasteiger partial charge in [-0.15, -0.1) is 0 Å². The van der Waals surface area contributed by atoms with Crippen LogP contribution in [0.4, 0.5) is 0 Å². The van der Waals surface area contributed by atoms with Crippen LogP contribution in [0.2, 0.25) is 0 Å². The first-order chi connectivity index (χ1) is 6.40. The van der Waals surface area contributed by atoms with Crippen LogP contribution in [0.25, 0.3) is 0 Å². The minimum atomic E-state index is -3.03. The van der Waals surface area contributed by atoms with Crippen LogP contribution in [-0.2, 0) is 16.4 Å². The number of nitrogens with zero attached hydrogens (tertiary/aromatic N) is 2. The van der Waals surface area contributed by atoms with Crippen molar-refractivity contribution in [2.24, 2.45) is 0 Å². The molecule has 1 heterocycles. The first-order valence-corrected chi connectivity index (χ1v) is 6.16. The second-order valence-corrected chi connectivity index (χ2v) is 5.40. The quantitative estimate of drug-likeness (QED) is 0.689. The van der Waals surface area contributed by atoms with Gasteiger partial charge in [-0.2, -0.15) is 0 Å². The minimum absolute atomic E-state index is 0.0314.